The SMILES string of the molecule is O=[N+]([O-])c1cc2c(cc1C(O)C1CCCC1)OCO2. The van der Waals surface area contributed by atoms with Gasteiger partial charge < -0.3 is 14.6 Å². The summed E-state index contributed by atoms with van der Waals surface area (Å²) in [5, 5.41) is 21.5. The fourth-order valence-corrected chi connectivity index (χ4v) is 2.87. The van der Waals surface area contributed by atoms with Crippen molar-refractivity contribution in [2.75, 3.05) is 6.79 Å². The second-order valence-electron chi connectivity index (χ2n) is 5.01. The van der Waals surface area contributed by atoms with Crippen molar-refractivity contribution in [2.24, 2.45) is 5.92 Å². The van der Waals surface area contributed by atoms with E-state index in [0.717, 1.165) is 25.7 Å². The van der Waals surface area contributed by atoms with E-state index >= 15 is 0 Å². The van der Waals surface area contributed by atoms with Gasteiger partial charge in [-0.2, -0.15) is 0 Å². The molecular weight excluding hydrogens is 250 g/mol. The topological polar surface area (TPSA) is 81.8 Å². The monoisotopic (exact) mass is 265 g/mol. The van der Waals surface area contributed by atoms with Crippen molar-refractivity contribution in [1.29, 1.82) is 0 Å². The Labute approximate surface area is 110 Å². The van der Waals surface area contributed by atoms with E-state index in [4.69, 9.17) is 9.47 Å². The average Bonchev–Trinajstić information content (AvgIpc) is 3.06. The second-order valence-corrected chi connectivity index (χ2v) is 5.01. The minimum Gasteiger partial charge on any atom is -0.454 e. The highest BCUT2D eigenvalue weighted by Gasteiger charge is 2.32. The van der Waals surface area contributed by atoms with Crippen LogP contribution in [0.3, 0.4) is 0 Å². The Morgan fingerprint density at radius 3 is 2.53 bits per heavy atom. The highest BCUT2D eigenvalue weighted by Crippen LogP contribution is 2.44. The minimum atomic E-state index is -0.808. The van der Waals surface area contributed by atoms with E-state index in [0.29, 0.717) is 17.1 Å². The van der Waals surface area contributed by atoms with Crippen LogP contribution in [0, 0.1) is 16.0 Å². The summed E-state index contributed by atoms with van der Waals surface area (Å²) in [6.07, 6.45) is 3.15. The number of hydrogen-bond donors (Lipinski definition) is 1. The third-order valence-corrected chi connectivity index (χ3v) is 3.88. The number of aliphatic hydroxyl groups is 1. The maximum atomic E-state index is 11.1. The Balaban J connectivity index is 2.00. The van der Waals surface area contributed by atoms with Crippen molar-refractivity contribution in [2.45, 2.75) is 31.8 Å². The molecular formula is C13H15NO5. The Hall–Kier alpha value is -1.82. The van der Waals surface area contributed by atoms with Crippen LogP contribution in [0.25, 0.3) is 0 Å². The van der Waals surface area contributed by atoms with E-state index in [2.05, 4.69) is 0 Å². The Morgan fingerprint density at radius 2 is 1.89 bits per heavy atom. The summed E-state index contributed by atoms with van der Waals surface area (Å²) in [6.45, 7) is 0.0649. The number of nitro groups is 1. The van der Waals surface area contributed by atoms with E-state index in [1.807, 2.05) is 0 Å². The zero-order chi connectivity index (χ0) is 13.4. The van der Waals surface area contributed by atoms with Crippen LogP contribution in [0.5, 0.6) is 11.5 Å². The number of ether oxygens (including phenoxy) is 2. The first-order valence-corrected chi connectivity index (χ1v) is 6.43. The van der Waals surface area contributed by atoms with Crippen molar-refractivity contribution in [1.82, 2.24) is 0 Å². The molecule has 0 bridgehead atoms. The Kier molecular flexibility index (Phi) is 3.02. The Bertz CT molecular complexity index is 510. The molecule has 1 aliphatic carbocycles. The molecule has 1 aromatic rings. The zero-order valence-electron chi connectivity index (χ0n) is 10.4. The lowest BCUT2D eigenvalue weighted by Crippen LogP contribution is -2.11. The van der Waals surface area contributed by atoms with Gasteiger partial charge in [-0.3, -0.25) is 10.1 Å². The van der Waals surface area contributed by atoms with E-state index in [1.54, 1.807) is 6.07 Å². The molecule has 3 rings (SSSR count). The van der Waals surface area contributed by atoms with Gasteiger partial charge in [0.15, 0.2) is 11.5 Å². The number of aliphatic hydroxyl groups excluding tert-OH is 1. The second kappa shape index (κ2) is 4.70. The van der Waals surface area contributed by atoms with Crippen LogP contribution in [0.4, 0.5) is 5.69 Å². The molecule has 0 radical (unpaired) electrons. The van der Waals surface area contributed by atoms with Crippen LogP contribution < -0.4 is 9.47 Å². The van der Waals surface area contributed by atoms with Crippen molar-refractivity contribution in [3.05, 3.63) is 27.8 Å². The number of nitro benzene ring substituents is 1. The molecule has 102 valence electrons. The molecule has 1 N–H and O–H groups in total. The number of benzene rings is 1. The molecule has 1 atom stereocenters. The first-order valence-electron chi connectivity index (χ1n) is 6.43. The minimum absolute atomic E-state index is 0.0649. The summed E-state index contributed by atoms with van der Waals surface area (Å²) in [4.78, 5) is 10.7. The molecule has 2 aliphatic rings. The predicted octanol–water partition coefficient (Wildman–Crippen LogP) is 2.55. The number of rotatable bonds is 3. The zero-order valence-corrected chi connectivity index (χ0v) is 10.4. The normalized spacial score (nSPS) is 19.6. The molecule has 1 unspecified atom stereocenters. The quantitative estimate of drug-likeness (QED) is 0.670. The molecule has 0 amide bonds. The first-order chi connectivity index (χ1) is 9.16. The van der Waals surface area contributed by atoms with Crippen LogP contribution in [-0.4, -0.2) is 16.8 Å². The van der Waals surface area contributed by atoms with Gasteiger partial charge in [-0.15, -0.1) is 0 Å². The lowest BCUT2D eigenvalue weighted by atomic mass is 9.93. The van der Waals surface area contributed by atoms with Gasteiger partial charge in [0.1, 0.15) is 0 Å². The summed E-state index contributed by atoms with van der Waals surface area (Å²) in [7, 11) is 0. The van der Waals surface area contributed by atoms with Gasteiger partial charge >= 0.3 is 0 Å². The summed E-state index contributed by atoms with van der Waals surface area (Å²) in [6, 6.07) is 2.89. The molecule has 1 saturated carbocycles. The molecule has 6 nitrogen and oxygen atoms in total. The fourth-order valence-electron chi connectivity index (χ4n) is 2.87. The molecule has 0 spiro atoms. The van der Waals surface area contributed by atoms with Crippen LogP contribution >= 0.6 is 0 Å². The van der Waals surface area contributed by atoms with Crippen LogP contribution in [-0.2, 0) is 0 Å². The van der Waals surface area contributed by atoms with Gasteiger partial charge in [0, 0.05) is 0 Å². The maximum absolute atomic E-state index is 11.1. The molecule has 1 aliphatic heterocycles. The van der Waals surface area contributed by atoms with E-state index in [9.17, 15) is 15.2 Å². The third kappa shape index (κ3) is 2.12. The summed E-state index contributed by atoms with van der Waals surface area (Å²) >= 11 is 0. The van der Waals surface area contributed by atoms with Crippen molar-refractivity contribution >= 4 is 5.69 Å². The molecule has 0 aromatic heterocycles. The molecule has 19 heavy (non-hydrogen) atoms. The summed E-state index contributed by atoms with van der Waals surface area (Å²) in [5.41, 5.74) is 0.241. The number of hydrogen-bond acceptors (Lipinski definition) is 5. The van der Waals surface area contributed by atoms with Crippen molar-refractivity contribution in [3.63, 3.8) is 0 Å². The lowest BCUT2D eigenvalue weighted by molar-refractivity contribution is -0.386. The van der Waals surface area contributed by atoms with Gasteiger partial charge in [-0.1, -0.05) is 12.8 Å². The predicted molar refractivity (Wildman–Crippen MR) is 66.1 cm³/mol. The smallest absolute Gasteiger partial charge is 0.279 e. The third-order valence-electron chi connectivity index (χ3n) is 3.88. The largest absolute Gasteiger partial charge is 0.454 e. The summed E-state index contributed by atoms with van der Waals surface area (Å²) < 4.78 is 10.4. The van der Waals surface area contributed by atoms with Crippen LogP contribution in [0.2, 0.25) is 0 Å². The lowest BCUT2D eigenvalue weighted by Gasteiger charge is -2.18. The summed E-state index contributed by atoms with van der Waals surface area (Å²) in [5.74, 6) is 0.936. The van der Waals surface area contributed by atoms with E-state index in [1.165, 1.54) is 6.07 Å². The van der Waals surface area contributed by atoms with E-state index in [-0.39, 0.29) is 18.4 Å². The highest BCUT2D eigenvalue weighted by molar-refractivity contribution is 5.56. The van der Waals surface area contributed by atoms with Gasteiger partial charge in [-0.25, -0.2) is 0 Å². The van der Waals surface area contributed by atoms with Crippen LogP contribution in [0.1, 0.15) is 37.4 Å². The maximum Gasteiger partial charge on any atom is 0.279 e. The standard InChI is InChI=1S/C13H15NO5/c15-13(8-3-1-2-4-8)9-5-11-12(19-7-18-11)6-10(9)14(16)17/h5-6,8,13,15H,1-4,7H2. The number of fused-ring (bicyclic) bond motifs is 1. The molecule has 1 fully saturated rings. The average molecular weight is 265 g/mol. The van der Waals surface area contributed by atoms with Gasteiger partial charge in [0.25, 0.3) is 5.69 Å². The van der Waals surface area contributed by atoms with E-state index < -0.39 is 11.0 Å². The first kappa shape index (κ1) is 12.2. The molecule has 6 heteroatoms. The molecule has 1 heterocycles. The van der Waals surface area contributed by atoms with Crippen molar-refractivity contribution < 1.29 is 19.5 Å². The molecule has 1 aromatic carbocycles. The Morgan fingerprint density at radius 1 is 1.26 bits per heavy atom. The molecule has 0 saturated heterocycles. The van der Waals surface area contributed by atoms with Crippen LogP contribution in [0.15, 0.2) is 12.1 Å². The van der Waals surface area contributed by atoms with Crippen molar-refractivity contribution in [3.8, 4) is 11.5 Å². The van der Waals surface area contributed by atoms with Gasteiger partial charge in [-0.05, 0) is 24.8 Å². The number of nitrogens with zero attached hydrogens (tertiary/aromatic N) is 1. The highest BCUT2D eigenvalue weighted by atomic mass is 16.7. The van der Waals surface area contributed by atoms with Gasteiger partial charge in [0.2, 0.25) is 6.79 Å². The fraction of sp³-hybridized carbons (Fsp3) is 0.538. The van der Waals surface area contributed by atoms with Gasteiger partial charge in [0.05, 0.1) is 22.7 Å².